The zero-order chi connectivity index (χ0) is 8.81. The molecule has 12 heavy (non-hydrogen) atoms. The molecule has 0 N–H and O–H groups in total. The van der Waals surface area contributed by atoms with Crippen molar-refractivity contribution in [1.82, 2.24) is 3.11 Å². The second kappa shape index (κ2) is 6.12. The van der Waals surface area contributed by atoms with E-state index in [4.69, 9.17) is 9.47 Å². The Hall–Kier alpha value is 0.610. The lowest BCUT2D eigenvalue weighted by Gasteiger charge is -2.26. The molecule has 1 fully saturated rings. The number of nitrogens with zero attached hydrogens (tertiary/aromatic N) is 1. The third-order valence-electron chi connectivity index (χ3n) is 2.11. The average molecular weight is 285 g/mol. The molecule has 72 valence electrons. The number of piperidine rings is 1. The van der Waals surface area contributed by atoms with Crippen LogP contribution in [0.15, 0.2) is 0 Å². The van der Waals surface area contributed by atoms with Gasteiger partial charge in [0.1, 0.15) is 6.79 Å². The van der Waals surface area contributed by atoms with Crippen LogP contribution in [0, 0.1) is 5.92 Å². The minimum Gasteiger partial charge on any atom is -0.359 e. The Morgan fingerprint density at radius 3 is 2.67 bits per heavy atom. The summed E-state index contributed by atoms with van der Waals surface area (Å²) in [6.45, 7) is 3.69. The normalized spacial score (nSPS) is 21.5. The summed E-state index contributed by atoms with van der Waals surface area (Å²) in [6.07, 6.45) is 2.51. The summed E-state index contributed by atoms with van der Waals surface area (Å²) in [5.74, 6) is 0.742. The molecule has 0 aliphatic carbocycles. The predicted octanol–water partition coefficient (Wildman–Crippen LogP) is 1.67. The van der Waals surface area contributed by atoms with E-state index in [9.17, 15) is 0 Å². The standard InChI is InChI=1S/C8H16INO2/c1-11-7-12-6-8-2-4-10(9)5-3-8/h8H,2-7H2,1H3. The van der Waals surface area contributed by atoms with Gasteiger partial charge in [0.05, 0.1) is 6.61 Å². The van der Waals surface area contributed by atoms with Crippen LogP contribution in [0.25, 0.3) is 0 Å². The Kier molecular flexibility index (Phi) is 5.45. The van der Waals surface area contributed by atoms with Crippen molar-refractivity contribution in [2.75, 3.05) is 33.6 Å². The van der Waals surface area contributed by atoms with Crippen molar-refractivity contribution >= 4 is 22.9 Å². The molecule has 0 amide bonds. The molecule has 0 aromatic rings. The van der Waals surface area contributed by atoms with E-state index in [-0.39, 0.29) is 0 Å². The fourth-order valence-electron chi connectivity index (χ4n) is 1.37. The summed E-state index contributed by atoms with van der Waals surface area (Å²) in [5, 5.41) is 0. The van der Waals surface area contributed by atoms with Crippen LogP contribution >= 0.6 is 22.9 Å². The molecule has 1 aliphatic heterocycles. The molecule has 0 aromatic carbocycles. The zero-order valence-corrected chi connectivity index (χ0v) is 9.62. The van der Waals surface area contributed by atoms with Crippen molar-refractivity contribution < 1.29 is 9.47 Å². The molecule has 0 saturated carbocycles. The van der Waals surface area contributed by atoms with Crippen molar-refractivity contribution in [3.05, 3.63) is 0 Å². The summed E-state index contributed by atoms with van der Waals surface area (Å²) < 4.78 is 12.5. The van der Waals surface area contributed by atoms with Crippen LogP contribution < -0.4 is 0 Å². The lowest BCUT2D eigenvalue weighted by Crippen LogP contribution is -2.28. The van der Waals surface area contributed by atoms with Crippen LogP contribution in [0.3, 0.4) is 0 Å². The maximum atomic E-state index is 5.31. The lowest BCUT2D eigenvalue weighted by molar-refractivity contribution is -0.0474. The highest BCUT2D eigenvalue weighted by atomic mass is 127. The van der Waals surface area contributed by atoms with E-state index in [2.05, 4.69) is 26.0 Å². The van der Waals surface area contributed by atoms with Crippen LogP contribution in [0.4, 0.5) is 0 Å². The van der Waals surface area contributed by atoms with E-state index in [1.807, 2.05) is 0 Å². The predicted molar refractivity (Wildman–Crippen MR) is 56.1 cm³/mol. The smallest absolute Gasteiger partial charge is 0.146 e. The van der Waals surface area contributed by atoms with Crippen molar-refractivity contribution in [2.24, 2.45) is 5.92 Å². The summed E-state index contributed by atoms with van der Waals surface area (Å²) in [5.41, 5.74) is 0. The monoisotopic (exact) mass is 285 g/mol. The topological polar surface area (TPSA) is 21.7 Å². The number of hydrogen-bond donors (Lipinski definition) is 0. The Morgan fingerprint density at radius 1 is 1.42 bits per heavy atom. The van der Waals surface area contributed by atoms with Crippen molar-refractivity contribution in [2.45, 2.75) is 12.8 Å². The first-order valence-electron chi connectivity index (χ1n) is 4.30. The van der Waals surface area contributed by atoms with Gasteiger partial charge in [-0.1, -0.05) is 0 Å². The SMILES string of the molecule is COCOCC1CCN(I)CC1. The van der Waals surface area contributed by atoms with E-state index in [0.29, 0.717) is 6.79 Å². The van der Waals surface area contributed by atoms with Crippen molar-refractivity contribution in [3.63, 3.8) is 0 Å². The third-order valence-corrected chi connectivity index (χ3v) is 3.08. The third kappa shape index (κ3) is 4.02. The summed E-state index contributed by atoms with van der Waals surface area (Å²) in [4.78, 5) is 0. The quantitative estimate of drug-likeness (QED) is 0.339. The number of halogens is 1. The van der Waals surface area contributed by atoms with Gasteiger partial charge >= 0.3 is 0 Å². The summed E-state index contributed by atoms with van der Waals surface area (Å²) in [7, 11) is 1.66. The molecule has 4 heteroatoms. The van der Waals surface area contributed by atoms with Crippen LogP contribution in [0.5, 0.6) is 0 Å². The van der Waals surface area contributed by atoms with E-state index in [1.54, 1.807) is 7.11 Å². The Balaban J connectivity index is 2.01. The number of hydrogen-bond acceptors (Lipinski definition) is 3. The molecule has 0 radical (unpaired) electrons. The van der Waals surface area contributed by atoms with Gasteiger partial charge in [0.15, 0.2) is 0 Å². The number of ether oxygens (including phenoxy) is 2. The van der Waals surface area contributed by atoms with Gasteiger partial charge in [0, 0.05) is 43.1 Å². The first-order valence-corrected chi connectivity index (χ1v) is 5.27. The molecule has 0 spiro atoms. The van der Waals surface area contributed by atoms with Gasteiger partial charge in [-0.05, 0) is 18.8 Å². The van der Waals surface area contributed by atoms with Gasteiger partial charge in [-0.2, -0.15) is 0 Å². The molecule has 1 saturated heterocycles. The average Bonchev–Trinajstić information content (AvgIpc) is 2.09. The molecule has 0 aromatic heterocycles. The summed E-state index contributed by atoms with van der Waals surface area (Å²) in [6, 6.07) is 0. The van der Waals surface area contributed by atoms with Crippen LogP contribution in [0.2, 0.25) is 0 Å². The largest absolute Gasteiger partial charge is 0.359 e. The van der Waals surface area contributed by atoms with Gasteiger partial charge in [0.2, 0.25) is 0 Å². The molecule has 0 atom stereocenters. The molecule has 0 bridgehead atoms. The second-order valence-corrected chi connectivity index (χ2v) is 4.50. The Labute approximate surface area is 87.9 Å². The minimum absolute atomic E-state index is 0.435. The van der Waals surface area contributed by atoms with Gasteiger partial charge < -0.3 is 9.47 Å². The van der Waals surface area contributed by atoms with E-state index in [0.717, 1.165) is 12.5 Å². The van der Waals surface area contributed by atoms with Crippen LogP contribution in [-0.2, 0) is 9.47 Å². The van der Waals surface area contributed by atoms with E-state index >= 15 is 0 Å². The highest BCUT2D eigenvalue weighted by Crippen LogP contribution is 2.19. The fourth-order valence-corrected chi connectivity index (χ4v) is 1.92. The van der Waals surface area contributed by atoms with E-state index < -0.39 is 0 Å². The fraction of sp³-hybridized carbons (Fsp3) is 1.00. The van der Waals surface area contributed by atoms with E-state index in [1.165, 1.54) is 25.9 Å². The molecule has 1 rings (SSSR count). The van der Waals surface area contributed by atoms with Crippen molar-refractivity contribution in [1.29, 1.82) is 0 Å². The van der Waals surface area contributed by atoms with Gasteiger partial charge in [-0.25, -0.2) is 3.11 Å². The number of methoxy groups -OCH3 is 1. The van der Waals surface area contributed by atoms with Crippen LogP contribution in [-0.4, -0.2) is 36.7 Å². The zero-order valence-electron chi connectivity index (χ0n) is 7.46. The molecular weight excluding hydrogens is 269 g/mol. The van der Waals surface area contributed by atoms with Gasteiger partial charge in [-0.3, -0.25) is 0 Å². The molecule has 3 nitrogen and oxygen atoms in total. The molecule has 1 aliphatic rings. The second-order valence-electron chi connectivity index (χ2n) is 3.13. The highest BCUT2D eigenvalue weighted by molar-refractivity contribution is 14.1. The lowest BCUT2D eigenvalue weighted by atomic mass is 9.99. The molecule has 0 unspecified atom stereocenters. The highest BCUT2D eigenvalue weighted by Gasteiger charge is 2.17. The van der Waals surface area contributed by atoms with Gasteiger partial charge in [0.25, 0.3) is 0 Å². The minimum atomic E-state index is 0.435. The first-order chi connectivity index (χ1) is 5.83. The van der Waals surface area contributed by atoms with Crippen LogP contribution in [0.1, 0.15) is 12.8 Å². The maximum absolute atomic E-state index is 5.31. The van der Waals surface area contributed by atoms with Crippen molar-refractivity contribution in [3.8, 4) is 0 Å². The molecular formula is C8H16INO2. The summed E-state index contributed by atoms with van der Waals surface area (Å²) >= 11 is 2.38. The Morgan fingerprint density at radius 2 is 2.08 bits per heavy atom. The molecule has 1 heterocycles. The first kappa shape index (κ1) is 10.7. The maximum Gasteiger partial charge on any atom is 0.146 e. The Bertz CT molecular complexity index is 116. The number of rotatable bonds is 4. The van der Waals surface area contributed by atoms with Gasteiger partial charge in [-0.15, -0.1) is 0 Å².